The van der Waals surface area contributed by atoms with Crippen molar-refractivity contribution in [1.82, 2.24) is 4.98 Å². The van der Waals surface area contributed by atoms with Crippen LogP contribution in [0.3, 0.4) is 0 Å². The van der Waals surface area contributed by atoms with Crippen LogP contribution < -0.4 is 4.74 Å². The molecule has 11 heavy (non-hydrogen) atoms. The second-order valence-electron chi connectivity index (χ2n) is 2.05. The third-order valence-electron chi connectivity index (χ3n) is 1.27. The van der Waals surface area contributed by atoms with Crippen LogP contribution in [0, 0.1) is 12.7 Å². The summed E-state index contributed by atoms with van der Waals surface area (Å²) in [7, 11) is 1.49. The van der Waals surface area contributed by atoms with E-state index in [0.717, 1.165) is 0 Å². The third kappa shape index (κ3) is 1.68. The summed E-state index contributed by atoms with van der Waals surface area (Å²) in [5.74, 6) is 0.0709. The summed E-state index contributed by atoms with van der Waals surface area (Å²) in [6.07, 6.45) is 0. The van der Waals surface area contributed by atoms with Crippen molar-refractivity contribution in [2.24, 2.45) is 0 Å². The molecule has 0 radical (unpaired) electrons. The summed E-state index contributed by atoms with van der Waals surface area (Å²) in [5, 5.41) is 0. The predicted molar refractivity (Wildman–Crippen MR) is 43.2 cm³/mol. The molecule has 0 amide bonds. The fourth-order valence-corrected chi connectivity index (χ4v) is 1.13. The molecule has 0 fully saturated rings. The second-order valence-corrected chi connectivity index (χ2v) is 2.90. The number of hydrogen-bond acceptors (Lipinski definition) is 2. The van der Waals surface area contributed by atoms with Crippen molar-refractivity contribution in [2.75, 3.05) is 7.11 Å². The Kier molecular flexibility index (Phi) is 2.44. The first-order chi connectivity index (χ1) is 5.15. The number of ether oxygens (including phenoxy) is 1. The van der Waals surface area contributed by atoms with Crippen LogP contribution >= 0.6 is 15.9 Å². The van der Waals surface area contributed by atoms with Crippen molar-refractivity contribution in [1.29, 1.82) is 0 Å². The molecule has 1 aromatic heterocycles. The molecule has 0 aliphatic carbocycles. The SMILES string of the molecule is COc1nc(C)c(F)cc1Br. The number of hydrogen-bond donors (Lipinski definition) is 0. The van der Waals surface area contributed by atoms with Crippen LogP contribution in [0.4, 0.5) is 4.39 Å². The molecule has 0 aliphatic rings. The minimum Gasteiger partial charge on any atom is -0.480 e. The van der Waals surface area contributed by atoms with E-state index in [9.17, 15) is 4.39 Å². The standard InChI is InChI=1S/C7H7BrFNO/c1-4-6(9)3-5(8)7(10-4)11-2/h3H,1-2H3. The quantitative estimate of drug-likeness (QED) is 0.724. The predicted octanol–water partition coefficient (Wildman–Crippen LogP) is 2.30. The Hall–Kier alpha value is -0.640. The molecule has 1 heterocycles. The lowest BCUT2D eigenvalue weighted by atomic mass is 10.3. The van der Waals surface area contributed by atoms with Gasteiger partial charge in [-0.3, -0.25) is 0 Å². The van der Waals surface area contributed by atoms with E-state index in [1.165, 1.54) is 13.2 Å². The van der Waals surface area contributed by atoms with E-state index in [4.69, 9.17) is 4.74 Å². The van der Waals surface area contributed by atoms with Crippen LogP contribution in [-0.4, -0.2) is 12.1 Å². The Labute approximate surface area is 72.5 Å². The molecular formula is C7H7BrFNO. The number of methoxy groups -OCH3 is 1. The highest BCUT2D eigenvalue weighted by Gasteiger charge is 2.05. The normalized spacial score (nSPS) is 9.82. The van der Waals surface area contributed by atoms with Gasteiger partial charge in [0.1, 0.15) is 5.82 Å². The highest BCUT2D eigenvalue weighted by Crippen LogP contribution is 2.23. The first-order valence-electron chi connectivity index (χ1n) is 3.01. The highest BCUT2D eigenvalue weighted by molar-refractivity contribution is 9.10. The Balaban J connectivity index is 3.21. The molecule has 0 unspecified atom stereocenters. The van der Waals surface area contributed by atoms with Gasteiger partial charge >= 0.3 is 0 Å². The molecule has 0 aromatic carbocycles. The number of aryl methyl sites for hydroxylation is 1. The van der Waals surface area contributed by atoms with Gasteiger partial charge in [0.25, 0.3) is 0 Å². The Morgan fingerprint density at radius 3 is 2.82 bits per heavy atom. The Morgan fingerprint density at radius 1 is 1.64 bits per heavy atom. The number of aromatic nitrogens is 1. The third-order valence-corrected chi connectivity index (χ3v) is 1.83. The average molecular weight is 220 g/mol. The molecule has 0 spiro atoms. The minimum absolute atomic E-state index is 0.335. The van der Waals surface area contributed by atoms with Gasteiger partial charge in [-0.1, -0.05) is 0 Å². The van der Waals surface area contributed by atoms with Crippen LogP contribution in [0.1, 0.15) is 5.69 Å². The molecule has 1 aromatic rings. The number of halogens is 2. The first kappa shape index (κ1) is 8.46. The molecule has 0 bridgehead atoms. The maximum absolute atomic E-state index is 12.7. The zero-order chi connectivity index (χ0) is 8.43. The molecule has 0 saturated heterocycles. The molecule has 0 saturated carbocycles. The fourth-order valence-electron chi connectivity index (χ4n) is 0.680. The topological polar surface area (TPSA) is 22.1 Å². The van der Waals surface area contributed by atoms with Crippen LogP contribution in [0.25, 0.3) is 0 Å². The zero-order valence-electron chi connectivity index (χ0n) is 6.19. The lowest BCUT2D eigenvalue weighted by Gasteiger charge is -2.02. The van der Waals surface area contributed by atoms with E-state index in [0.29, 0.717) is 16.0 Å². The van der Waals surface area contributed by atoms with Gasteiger partial charge in [0.05, 0.1) is 17.3 Å². The lowest BCUT2D eigenvalue weighted by Crippen LogP contribution is -1.94. The maximum Gasteiger partial charge on any atom is 0.228 e. The van der Waals surface area contributed by atoms with Gasteiger partial charge in [0.15, 0.2) is 0 Å². The zero-order valence-corrected chi connectivity index (χ0v) is 7.77. The van der Waals surface area contributed by atoms with Gasteiger partial charge in [-0.2, -0.15) is 0 Å². The Bertz CT molecular complexity index is 277. The van der Waals surface area contributed by atoms with Gasteiger partial charge in [0.2, 0.25) is 5.88 Å². The molecule has 0 aliphatic heterocycles. The number of pyridine rings is 1. The molecule has 0 atom stereocenters. The van der Waals surface area contributed by atoms with Gasteiger partial charge in [0, 0.05) is 0 Å². The fraction of sp³-hybridized carbons (Fsp3) is 0.286. The number of rotatable bonds is 1. The summed E-state index contributed by atoms with van der Waals surface area (Å²) < 4.78 is 18.1. The van der Waals surface area contributed by atoms with Gasteiger partial charge in [-0.05, 0) is 28.9 Å². The van der Waals surface area contributed by atoms with Crippen molar-refractivity contribution in [3.8, 4) is 5.88 Å². The monoisotopic (exact) mass is 219 g/mol. The van der Waals surface area contributed by atoms with Crippen molar-refractivity contribution >= 4 is 15.9 Å². The van der Waals surface area contributed by atoms with Crippen molar-refractivity contribution < 1.29 is 9.13 Å². The van der Waals surface area contributed by atoms with Crippen molar-refractivity contribution in [2.45, 2.75) is 6.92 Å². The molecule has 1 rings (SSSR count). The Morgan fingerprint density at radius 2 is 2.27 bits per heavy atom. The van der Waals surface area contributed by atoms with Crippen molar-refractivity contribution in [3.05, 3.63) is 22.1 Å². The van der Waals surface area contributed by atoms with E-state index >= 15 is 0 Å². The molecule has 60 valence electrons. The molecule has 2 nitrogen and oxygen atoms in total. The first-order valence-corrected chi connectivity index (χ1v) is 3.81. The van der Waals surface area contributed by atoms with Gasteiger partial charge in [-0.15, -0.1) is 0 Å². The van der Waals surface area contributed by atoms with E-state index in [2.05, 4.69) is 20.9 Å². The second kappa shape index (κ2) is 3.17. The highest BCUT2D eigenvalue weighted by atomic mass is 79.9. The van der Waals surface area contributed by atoms with Crippen molar-refractivity contribution in [3.63, 3.8) is 0 Å². The van der Waals surface area contributed by atoms with E-state index in [1.807, 2.05) is 0 Å². The molecule has 4 heteroatoms. The average Bonchev–Trinajstić information content (AvgIpc) is 1.97. The van der Waals surface area contributed by atoms with Crippen LogP contribution in [-0.2, 0) is 0 Å². The summed E-state index contributed by atoms with van der Waals surface area (Å²) in [5.41, 5.74) is 0.338. The van der Waals surface area contributed by atoms with E-state index in [-0.39, 0.29) is 5.82 Å². The van der Waals surface area contributed by atoms with Gasteiger partial charge < -0.3 is 4.74 Å². The largest absolute Gasteiger partial charge is 0.480 e. The minimum atomic E-state index is -0.335. The smallest absolute Gasteiger partial charge is 0.228 e. The summed E-state index contributed by atoms with van der Waals surface area (Å²) in [4.78, 5) is 3.85. The summed E-state index contributed by atoms with van der Waals surface area (Å²) in [6.45, 7) is 1.59. The van der Waals surface area contributed by atoms with Crippen LogP contribution in [0.2, 0.25) is 0 Å². The van der Waals surface area contributed by atoms with Crippen LogP contribution in [0.15, 0.2) is 10.5 Å². The van der Waals surface area contributed by atoms with Crippen LogP contribution in [0.5, 0.6) is 5.88 Å². The van der Waals surface area contributed by atoms with Gasteiger partial charge in [-0.25, -0.2) is 9.37 Å². The summed E-state index contributed by atoms with van der Waals surface area (Å²) >= 11 is 3.11. The summed E-state index contributed by atoms with van der Waals surface area (Å²) in [6, 6.07) is 1.33. The maximum atomic E-state index is 12.7. The lowest BCUT2D eigenvalue weighted by molar-refractivity contribution is 0.391. The van der Waals surface area contributed by atoms with E-state index < -0.39 is 0 Å². The number of nitrogens with zero attached hydrogens (tertiary/aromatic N) is 1. The molecular weight excluding hydrogens is 213 g/mol. The van der Waals surface area contributed by atoms with E-state index in [1.54, 1.807) is 6.92 Å². The molecule has 0 N–H and O–H groups in total.